The van der Waals surface area contributed by atoms with E-state index in [1.807, 2.05) is 7.05 Å². The molecule has 0 radical (unpaired) electrons. The van der Waals surface area contributed by atoms with Crippen LogP contribution in [0.3, 0.4) is 0 Å². The Labute approximate surface area is 141 Å². The van der Waals surface area contributed by atoms with Gasteiger partial charge in [-0.3, -0.25) is 4.79 Å². The van der Waals surface area contributed by atoms with Gasteiger partial charge >= 0.3 is 0 Å². The van der Waals surface area contributed by atoms with Gasteiger partial charge in [0.25, 0.3) is 0 Å². The number of primary amides is 1. The molecule has 4 N–H and O–H groups in total. The number of halogens is 2. The molecule has 0 aliphatic carbocycles. The van der Waals surface area contributed by atoms with E-state index in [1.54, 1.807) is 24.0 Å². The molecule has 0 saturated carbocycles. The van der Waals surface area contributed by atoms with Crippen molar-refractivity contribution in [3.8, 4) is 0 Å². The zero-order valence-electron chi connectivity index (χ0n) is 12.9. The van der Waals surface area contributed by atoms with E-state index in [0.717, 1.165) is 11.6 Å². The number of carbonyl (C=O) groups is 1. The number of hydrogen-bond donors (Lipinski definition) is 2. The van der Waals surface area contributed by atoms with Crippen molar-refractivity contribution in [2.24, 2.45) is 12.8 Å². The van der Waals surface area contributed by atoms with Crippen LogP contribution in [0.15, 0.2) is 24.5 Å². The molecular formula is C15H14ClFN6O. The highest BCUT2D eigenvalue weighted by Crippen LogP contribution is 2.35. The molecule has 24 heavy (non-hydrogen) atoms. The number of amides is 1. The Bertz CT molecular complexity index is 947. The second-order valence-electron chi connectivity index (χ2n) is 5.30. The van der Waals surface area contributed by atoms with Gasteiger partial charge < -0.3 is 20.9 Å². The predicted molar refractivity (Wildman–Crippen MR) is 90.9 cm³/mol. The largest absolute Gasteiger partial charge is 0.382 e. The molecule has 3 rings (SSSR count). The van der Waals surface area contributed by atoms with Crippen molar-refractivity contribution in [2.45, 2.75) is 0 Å². The third kappa shape index (κ3) is 2.50. The molecule has 0 aliphatic rings. The number of aryl methyl sites for hydroxylation is 1. The summed E-state index contributed by atoms with van der Waals surface area (Å²) in [5.74, 6) is -0.843. The fraction of sp³-hybridized carbons (Fsp3) is 0.133. The lowest BCUT2D eigenvalue weighted by Crippen LogP contribution is -2.16. The van der Waals surface area contributed by atoms with Crippen LogP contribution in [0.2, 0.25) is 5.02 Å². The Morgan fingerprint density at radius 3 is 2.71 bits per heavy atom. The molecule has 2 aromatic heterocycles. The van der Waals surface area contributed by atoms with Crippen LogP contribution < -0.4 is 16.4 Å². The van der Waals surface area contributed by atoms with Gasteiger partial charge in [-0.2, -0.15) is 0 Å². The van der Waals surface area contributed by atoms with Crippen LogP contribution in [0.5, 0.6) is 0 Å². The van der Waals surface area contributed by atoms with Crippen LogP contribution in [0, 0.1) is 5.82 Å². The molecule has 2 heterocycles. The lowest BCUT2D eigenvalue weighted by atomic mass is 10.1. The standard InChI is InChI=1S/C15H14ClFN6O/c1-22-6-20-12-10(22)5-11(21-14(12)18)23(2)13-8(16)3-7(15(19)24)4-9(13)17/h3-6H,1-2H3,(H2,18,21)(H2,19,24). The summed E-state index contributed by atoms with van der Waals surface area (Å²) in [6.45, 7) is 0. The Morgan fingerprint density at radius 2 is 2.08 bits per heavy atom. The minimum Gasteiger partial charge on any atom is -0.382 e. The molecule has 1 aromatic carbocycles. The van der Waals surface area contributed by atoms with Crippen LogP contribution in [0.4, 0.5) is 21.7 Å². The van der Waals surface area contributed by atoms with Gasteiger partial charge in [0.05, 0.1) is 22.6 Å². The normalized spacial score (nSPS) is 11.0. The molecule has 7 nitrogen and oxygen atoms in total. The second kappa shape index (κ2) is 5.64. The lowest BCUT2D eigenvalue weighted by Gasteiger charge is -2.21. The average Bonchev–Trinajstić information content (AvgIpc) is 2.88. The maximum Gasteiger partial charge on any atom is 0.248 e. The maximum atomic E-state index is 14.4. The molecule has 3 aromatic rings. The SMILES string of the molecule is CN(c1cc2c(ncn2C)c(N)n1)c1c(F)cc(C(N)=O)cc1Cl. The highest BCUT2D eigenvalue weighted by molar-refractivity contribution is 6.33. The van der Waals surface area contributed by atoms with Gasteiger partial charge in [-0.25, -0.2) is 14.4 Å². The number of anilines is 3. The van der Waals surface area contributed by atoms with Crippen molar-refractivity contribution < 1.29 is 9.18 Å². The van der Waals surface area contributed by atoms with Gasteiger partial charge in [-0.1, -0.05) is 11.6 Å². The van der Waals surface area contributed by atoms with Gasteiger partial charge in [0.1, 0.15) is 17.2 Å². The molecule has 1 amide bonds. The van der Waals surface area contributed by atoms with Gasteiger partial charge in [-0.15, -0.1) is 0 Å². The summed E-state index contributed by atoms with van der Waals surface area (Å²) in [4.78, 5) is 21.1. The fourth-order valence-electron chi connectivity index (χ4n) is 2.45. The van der Waals surface area contributed by atoms with Crippen molar-refractivity contribution in [3.05, 3.63) is 40.9 Å². The highest BCUT2D eigenvalue weighted by atomic mass is 35.5. The Balaban J connectivity index is 2.14. The van der Waals surface area contributed by atoms with Gasteiger partial charge in [0.15, 0.2) is 5.82 Å². The number of pyridine rings is 1. The first-order valence-electron chi connectivity index (χ1n) is 6.89. The first-order chi connectivity index (χ1) is 11.3. The van der Waals surface area contributed by atoms with E-state index in [2.05, 4.69) is 9.97 Å². The van der Waals surface area contributed by atoms with Gasteiger partial charge in [0, 0.05) is 25.7 Å². The number of nitrogens with zero attached hydrogens (tertiary/aromatic N) is 4. The number of benzene rings is 1. The molecule has 0 aliphatic heterocycles. The quantitative estimate of drug-likeness (QED) is 0.755. The number of nitrogens with two attached hydrogens (primary N) is 2. The summed E-state index contributed by atoms with van der Waals surface area (Å²) in [5.41, 5.74) is 12.4. The van der Waals surface area contributed by atoms with Crippen molar-refractivity contribution in [1.29, 1.82) is 0 Å². The fourth-order valence-corrected chi connectivity index (χ4v) is 2.79. The molecule has 124 valence electrons. The first-order valence-corrected chi connectivity index (χ1v) is 7.27. The summed E-state index contributed by atoms with van der Waals surface area (Å²) in [6, 6.07) is 4.06. The maximum absolute atomic E-state index is 14.4. The molecule has 0 spiro atoms. The van der Waals surface area contributed by atoms with Crippen LogP contribution in [0.1, 0.15) is 10.4 Å². The van der Waals surface area contributed by atoms with Crippen molar-refractivity contribution in [2.75, 3.05) is 17.7 Å². The third-order valence-electron chi connectivity index (χ3n) is 3.71. The summed E-state index contributed by atoms with van der Waals surface area (Å²) in [5, 5.41) is 0.0387. The molecule has 0 saturated heterocycles. The Hall–Kier alpha value is -2.87. The number of imidazole rings is 1. The van der Waals surface area contributed by atoms with Gasteiger partial charge in [0.2, 0.25) is 5.91 Å². The number of rotatable bonds is 3. The highest BCUT2D eigenvalue weighted by Gasteiger charge is 2.19. The van der Waals surface area contributed by atoms with Crippen LogP contribution >= 0.6 is 11.6 Å². The van der Waals surface area contributed by atoms with E-state index in [4.69, 9.17) is 23.1 Å². The number of fused-ring (bicyclic) bond motifs is 1. The first kappa shape index (κ1) is 16.0. The summed E-state index contributed by atoms with van der Waals surface area (Å²) in [7, 11) is 3.41. The summed E-state index contributed by atoms with van der Waals surface area (Å²) >= 11 is 6.13. The predicted octanol–water partition coefficient (Wildman–Crippen LogP) is 2.21. The van der Waals surface area contributed by atoms with Crippen LogP contribution in [-0.2, 0) is 7.05 Å². The minimum absolute atomic E-state index is 0.00999. The van der Waals surface area contributed by atoms with E-state index in [-0.39, 0.29) is 22.1 Å². The number of aromatic nitrogens is 3. The number of hydrogen-bond acceptors (Lipinski definition) is 5. The second-order valence-corrected chi connectivity index (χ2v) is 5.71. The van der Waals surface area contributed by atoms with Crippen molar-refractivity contribution in [1.82, 2.24) is 14.5 Å². The third-order valence-corrected chi connectivity index (χ3v) is 3.99. The van der Waals surface area contributed by atoms with Crippen molar-refractivity contribution >= 4 is 45.9 Å². The van der Waals surface area contributed by atoms with E-state index >= 15 is 0 Å². The molecule has 9 heteroatoms. The molecule has 0 atom stereocenters. The summed E-state index contributed by atoms with van der Waals surface area (Å²) in [6.07, 6.45) is 1.61. The van der Waals surface area contributed by atoms with E-state index in [1.165, 1.54) is 11.0 Å². The van der Waals surface area contributed by atoms with Crippen molar-refractivity contribution in [3.63, 3.8) is 0 Å². The Morgan fingerprint density at radius 1 is 1.38 bits per heavy atom. The summed E-state index contributed by atoms with van der Waals surface area (Å²) < 4.78 is 16.2. The van der Waals surface area contributed by atoms with Crippen LogP contribution in [0.25, 0.3) is 11.0 Å². The zero-order valence-corrected chi connectivity index (χ0v) is 13.7. The smallest absolute Gasteiger partial charge is 0.248 e. The number of carbonyl (C=O) groups excluding carboxylic acids is 1. The van der Waals surface area contributed by atoms with Crippen LogP contribution in [-0.4, -0.2) is 27.5 Å². The Kier molecular flexibility index (Phi) is 3.76. The monoisotopic (exact) mass is 348 g/mol. The molecular weight excluding hydrogens is 335 g/mol. The molecule has 0 bridgehead atoms. The topological polar surface area (TPSA) is 103 Å². The van der Waals surface area contributed by atoms with E-state index in [9.17, 15) is 9.18 Å². The van der Waals surface area contributed by atoms with E-state index in [0.29, 0.717) is 11.3 Å². The number of nitrogen functional groups attached to an aromatic ring is 1. The van der Waals surface area contributed by atoms with E-state index < -0.39 is 11.7 Å². The molecule has 0 fully saturated rings. The minimum atomic E-state index is -0.760. The molecule has 0 unspecified atom stereocenters. The lowest BCUT2D eigenvalue weighted by molar-refractivity contribution is 0.1000. The average molecular weight is 349 g/mol. The zero-order chi connectivity index (χ0) is 17.6. The van der Waals surface area contributed by atoms with Gasteiger partial charge in [-0.05, 0) is 12.1 Å².